The number of carbonyl (C=O) groups excluding carboxylic acids is 1. The standard InChI is InChI=1S/C13H14N4OS/c1-9-10(2)16-17-13(14-9)19-8-12(18)15-11-6-4-3-5-7-11/h3-7H,8H2,1-2H3,(H,15,18). The Morgan fingerprint density at radius 2 is 1.89 bits per heavy atom. The van der Waals surface area contributed by atoms with Crippen molar-refractivity contribution in [3.05, 3.63) is 41.7 Å². The maximum Gasteiger partial charge on any atom is 0.234 e. The number of hydrogen-bond acceptors (Lipinski definition) is 5. The van der Waals surface area contributed by atoms with Gasteiger partial charge in [0.15, 0.2) is 0 Å². The highest BCUT2D eigenvalue weighted by Crippen LogP contribution is 2.13. The summed E-state index contributed by atoms with van der Waals surface area (Å²) in [7, 11) is 0. The van der Waals surface area contributed by atoms with Crippen LogP contribution in [0.15, 0.2) is 35.5 Å². The summed E-state index contributed by atoms with van der Waals surface area (Å²) in [6, 6.07) is 9.34. The lowest BCUT2D eigenvalue weighted by Crippen LogP contribution is -2.14. The van der Waals surface area contributed by atoms with Crippen molar-refractivity contribution in [2.45, 2.75) is 19.0 Å². The molecule has 0 aliphatic carbocycles. The number of benzene rings is 1. The number of nitrogens with one attached hydrogen (secondary N) is 1. The van der Waals surface area contributed by atoms with Gasteiger partial charge in [-0.1, -0.05) is 30.0 Å². The monoisotopic (exact) mass is 274 g/mol. The molecule has 1 N–H and O–H groups in total. The van der Waals surface area contributed by atoms with Crippen LogP contribution in [0.25, 0.3) is 0 Å². The number of hydrogen-bond donors (Lipinski definition) is 1. The molecule has 0 saturated carbocycles. The summed E-state index contributed by atoms with van der Waals surface area (Å²) in [5.74, 6) is 0.178. The minimum absolute atomic E-state index is 0.0852. The average Bonchev–Trinajstić information content (AvgIpc) is 2.41. The molecule has 1 aromatic carbocycles. The number of nitrogens with zero attached hydrogens (tertiary/aromatic N) is 3. The van der Waals surface area contributed by atoms with Crippen molar-refractivity contribution in [3.63, 3.8) is 0 Å². The third kappa shape index (κ3) is 4.03. The first-order valence-electron chi connectivity index (χ1n) is 5.81. The zero-order valence-corrected chi connectivity index (χ0v) is 11.6. The van der Waals surface area contributed by atoms with E-state index in [1.165, 1.54) is 11.8 Å². The molecule has 1 heterocycles. The lowest BCUT2D eigenvalue weighted by Gasteiger charge is -2.04. The van der Waals surface area contributed by atoms with Crippen LogP contribution in [-0.4, -0.2) is 26.8 Å². The second-order valence-corrected chi connectivity index (χ2v) is 4.91. The van der Waals surface area contributed by atoms with Crippen molar-refractivity contribution in [2.24, 2.45) is 0 Å². The Hall–Kier alpha value is -1.95. The zero-order chi connectivity index (χ0) is 13.7. The minimum Gasteiger partial charge on any atom is -0.325 e. The maximum absolute atomic E-state index is 11.7. The van der Waals surface area contributed by atoms with Crippen LogP contribution in [0.1, 0.15) is 11.4 Å². The van der Waals surface area contributed by atoms with Gasteiger partial charge in [0.1, 0.15) is 0 Å². The van der Waals surface area contributed by atoms with Gasteiger partial charge in [-0.3, -0.25) is 4.79 Å². The quantitative estimate of drug-likeness (QED) is 0.866. The molecule has 0 atom stereocenters. The minimum atomic E-state index is -0.0852. The van der Waals surface area contributed by atoms with Crippen molar-refractivity contribution >= 4 is 23.4 Å². The highest BCUT2D eigenvalue weighted by molar-refractivity contribution is 7.99. The van der Waals surface area contributed by atoms with Crippen molar-refractivity contribution in [2.75, 3.05) is 11.1 Å². The molecule has 0 spiro atoms. The van der Waals surface area contributed by atoms with E-state index in [1.54, 1.807) is 0 Å². The third-order valence-corrected chi connectivity index (χ3v) is 3.30. The lowest BCUT2D eigenvalue weighted by atomic mass is 10.3. The Labute approximate surface area is 115 Å². The summed E-state index contributed by atoms with van der Waals surface area (Å²) in [5.41, 5.74) is 2.42. The maximum atomic E-state index is 11.7. The highest BCUT2D eigenvalue weighted by atomic mass is 32.2. The molecule has 0 saturated heterocycles. The number of rotatable bonds is 4. The molecule has 2 rings (SSSR count). The molecule has 2 aromatic rings. The van der Waals surface area contributed by atoms with Crippen molar-refractivity contribution < 1.29 is 4.79 Å². The molecule has 6 heteroatoms. The van der Waals surface area contributed by atoms with E-state index in [0.717, 1.165) is 17.1 Å². The van der Waals surface area contributed by atoms with E-state index in [9.17, 15) is 4.79 Å². The Morgan fingerprint density at radius 1 is 1.16 bits per heavy atom. The molecule has 98 valence electrons. The first kappa shape index (κ1) is 13.5. The first-order valence-corrected chi connectivity index (χ1v) is 6.79. The van der Waals surface area contributed by atoms with E-state index in [-0.39, 0.29) is 11.7 Å². The Morgan fingerprint density at radius 3 is 2.58 bits per heavy atom. The van der Waals surface area contributed by atoms with Crippen molar-refractivity contribution in [3.8, 4) is 0 Å². The van der Waals surface area contributed by atoms with Gasteiger partial charge in [-0.25, -0.2) is 4.98 Å². The second-order valence-electron chi connectivity index (χ2n) is 3.97. The van der Waals surface area contributed by atoms with E-state index in [0.29, 0.717) is 5.16 Å². The van der Waals surface area contributed by atoms with Crippen LogP contribution in [0, 0.1) is 13.8 Å². The van der Waals surface area contributed by atoms with Crippen LogP contribution in [0.5, 0.6) is 0 Å². The molecule has 19 heavy (non-hydrogen) atoms. The van der Waals surface area contributed by atoms with Gasteiger partial charge >= 0.3 is 0 Å². The predicted octanol–water partition coefficient (Wildman–Crippen LogP) is 2.22. The van der Waals surface area contributed by atoms with Crippen molar-refractivity contribution in [1.29, 1.82) is 0 Å². The van der Waals surface area contributed by atoms with Crippen LogP contribution in [0.3, 0.4) is 0 Å². The zero-order valence-electron chi connectivity index (χ0n) is 10.8. The number of amides is 1. The summed E-state index contributed by atoms with van der Waals surface area (Å²) in [4.78, 5) is 16.0. The first-order chi connectivity index (χ1) is 9.15. The highest BCUT2D eigenvalue weighted by Gasteiger charge is 2.07. The molecular weight excluding hydrogens is 260 g/mol. The molecular formula is C13H14N4OS. The summed E-state index contributed by atoms with van der Waals surface area (Å²) in [6.07, 6.45) is 0. The second kappa shape index (κ2) is 6.29. The fraction of sp³-hybridized carbons (Fsp3) is 0.231. The Balaban J connectivity index is 1.88. The van der Waals surface area contributed by atoms with Gasteiger partial charge < -0.3 is 5.32 Å². The predicted molar refractivity (Wildman–Crippen MR) is 75.1 cm³/mol. The third-order valence-electron chi connectivity index (χ3n) is 2.46. The van der Waals surface area contributed by atoms with Gasteiger partial charge in [0.25, 0.3) is 0 Å². The number of aromatic nitrogens is 3. The smallest absolute Gasteiger partial charge is 0.234 e. The van der Waals surface area contributed by atoms with Gasteiger partial charge in [0.05, 0.1) is 17.1 Å². The molecule has 0 aliphatic heterocycles. The number of carbonyl (C=O) groups is 1. The molecule has 0 unspecified atom stereocenters. The summed E-state index contributed by atoms with van der Waals surface area (Å²) in [5, 5.41) is 11.2. The molecule has 1 amide bonds. The SMILES string of the molecule is Cc1nnc(SCC(=O)Nc2ccccc2)nc1C. The van der Waals surface area contributed by atoms with Gasteiger partial charge in [-0.15, -0.1) is 5.10 Å². The van der Waals surface area contributed by atoms with E-state index in [4.69, 9.17) is 0 Å². The molecule has 5 nitrogen and oxygen atoms in total. The number of aryl methyl sites for hydroxylation is 2. The molecule has 0 radical (unpaired) electrons. The molecule has 0 bridgehead atoms. The fourth-order valence-electron chi connectivity index (χ4n) is 1.35. The van der Waals surface area contributed by atoms with Crippen molar-refractivity contribution in [1.82, 2.24) is 15.2 Å². The van der Waals surface area contributed by atoms with Crippen LogP contribution >= 0.6 is 11.8 Å². The fourth-order valence-corrected chi connectivity index (χ4v) is 1.98. The number of para-hydroxylation sites is 1. The Kier molecular flexibility index (Phi) is 4.46. The number of thioether (sulfide) groups is 1. The van der Waals surface area contributed by atoms with E-state index >= 15 is 0 Å². The molecule has 0 aliphatic rings. The Bertz CT molecular complexity index is 574. The lowest BCUT2D eigenvalue weighted by molar-refractivity contribution is -0.113. The average molecular weight is 274 g/mol. The van der Waals surface area contributed by atoms with Crippen LogP contribution in [0.2, 0.25) is 0 Å². The normalized spacial score (nSPS) is 10.2. The van der Waals surface area contributed by atoms with Gasteiger partial charge in [0, 0.05) is 5.69 Å². The van der Waals surface area contributed by atoms with Gasteiger partial charge in [-0.2, -0.15) is 5.10 Å². The van der Waals surface area contributed by atoms with Crippen LogP contribution < -0.4 is 5.32 Å². The largest absolute Gasteiger partial charge is 0.325 e. The summed E-state index contributed by atoms with van der Waals surface area (Å²) < 4.78 is 0. The van der Waals surface area contributed by atoms with Crippen LogP contribution in [-0.2, 0) is 4.79 Å². The van der Waals surface area contributed by atoms with E-state index < -0.39 is 0 Å². The van der Waals surface area contributed by atoms with Gasteiger partial charge in [0.2, 0.25) is 11.1 Å². The number of anilines is 1. The van der Waals surface area contributed by atoms with E-state index in [1.807, 2.05) is 44.2 Å². The summed E-state index contributed by atoms with van der Waals surface area (Å²) >= 11 is 1.27. The topological polar surface area (TPSA) is 67.8 Å². The van der Waals surface area contributed by atoms with E-state index in [2.05, 4.69) is 20.5 Å². The van der Waals surface area contributed by atoms with Gasteiger partial charge in [-0.05, 0) is 26.0 Å². The molecule has 1 aromatic heterocycles. The summed E-state index contributed by atoms with van der Waals surface area (Å²) in [6.45, 7) is 3.73. The molecule has 0 fully saturated rings. The van der Waals surface area contributed by atoms with Crippen LogP contribution in [0.4, 0.5) is 5.69 Å².